The molecule has 0 unspecified atom stereocenters. The Labute approximate surface area is 180 Å². The van der Waals surface area contributed by atoms with Gasteiger partial charge in [0.1, 0.15) is 5.75 Å². The minimum atomic E-state index is -1.18. The van der Waals surface area contributed by atoms with Crippen molar-refractivity contribution in [3.8, 4) is 5.75 Å². The molecule has 31 heavy (non-hydrogen) atoms. The molecule has 3 rings (SSSR count). The lowest BCUT2D eigenvalue weighted by Crippen LogP contribution is -2.26. The van der Waals surface area contributed by atoms with E-state index in [1.807, 2.05) is 0 Å². The smallest absolute Gasteiger partial charge is 0.339 e. The topological polar surface area (TPSA) is 93.7 Å². The van der Waals surface area contributed by atoms with E-state index in [9.17, 15) is 14.4 Å². The van der Waals surface area contributed by atoms with Gasteiger partial charge in [0.05, 0.1) is 12.7 Å². The molecule has 3 aromatic carbocycles. The van der Waals surface area contributed by atoms with Crippen LogP contribution in [0.5, 0.6) is 5.75 Å². The van der Waals surface area contributed by atoms with E-state index < -0.39 is 18.0 Å². The average molecular weight is 418 g/mol. The summed E-state index contributed by atoms with van der Waals surface area (Å²) in [4.78, 5) is 37.1. The van der Waals surface area contributed by atoms with Gasteiger partial charge < -0.3 is 20.1 Å². The van der Waals surface area contributed by atoms with Crippen LogP contribution in [0.1, 0.15) is 28.9 Å². The van der Waals surface area contributed by atoms with Crippen molar-refractivity contribution in [2.24, 2.45) is 0 Å². The van der Waals surface area contributed by atoms with Crippen LogP contribution in [0.4, 0.5) is 11.4 Å². The first-order valence-electron chi connectivity index (χ1n) is 9.55. The highest BCUT2D eigenvalue weighted by Gasteiger charge is 2.26. The standard InChI is InChI=1S/C24H22N2O5/c1-16(27)25-19-11-6-10-18(14-19)24(29)31-22(17-8-4-3-5-9-17)23(28)26-20-12-7-13-21(15-20)30-2/h3-15,22H,1-2H3,(H,25,27)(H,26,28)/t22-/m1/s1. The first-order chi connectivity index (χ1) is 15.0. The van der Waals surface area contributed by atoms with Crippen molar-refractivity contribution in [3.05, 3.63) is 90.0 Å². The van der Waals surface area contributed by atoms with Crippen LogP contribution >= 0.6 is 0 Å². The molecule has 0 saturated carbocycles. The number of hydrogen-bond donors (Lipinski definition) is 2. The van der Waals surface area contributed by atoms with Crippen molar-refractivity contribution in [2.75, 3.05) is 17.7 Å². The van der Waals surface area contributed by atoms with Crippen LogP contribution in [0.3, 0.4) is 0 Å². The molecule has 3 aromatic rings. The number of anilines is 2. The van der Waals surface area contributed by atoms with Crippen molar-refractivity contribution in [2.45, 2.75) is 13.0 Å². The zero-order valence-corrected chi connectivity index (χ0v) is 17.1. The van der Waals surface area contributed by atoms with Gasteiger partial charge >= 0.3 is 5.97 Å². The molecule has 2 amide bonds. The first-order valence-corrected chi connectivity index (χ1v) is 9.55. The van der Waals surface area contributed by atoms with Gasteiger partial charge in [-0.25, -0.2) is 4.79 Å². The quantitative estimate of drug-likeness (QED) is 0.561. The molecule has 0 aromatic heterocycles. The van der Waals surface area contributed by atoms with Crippen molar-refractivity contribution in [3.63, 3.8) is 0 Å². The summed E-state index contributed by atoms with van der Waals surface area (Å²) in [5.41, 5.74) is 1.70. The highest BCUT2D eigenvalue weighted by atomic mass is 16.5. The zero-order chi connectivity index (χ0) is 22.2. The van der Waals surface area contributed by atoms with E-state index in [4.69, 9.17) is 9.47 Å². The fraction of sp³-hybridized carbons (Fsp3) is 0.125. The summed E-state index contributed by atoms with van der Waals surface area (Å²) in [5.74, 6) is -0.876. The molecule has 0 aliphatic carbocycles. The van der Waals surface area contributed by atoms with E-state index >= 15 is 0 Å². The van der Waals surface area contributed by atoms with Gasteiger partial charge in [0.25, 0.3) is 5.91 Å². The SMILES string of the molecule is COc1cccc(NC(=O)[C@H](OC(=O)c2cccc(NC(C)=O)c2)c2ccccc2)c1. The van der Waals surface area contributed by atoms with Gasteiger partial charge in [-0.2, -0.15) is 0 Å². The van der Waals surface area contributed by atoms with E-state index in [-0.39, 0.29) is 11.5 Å². The van der Waals surface area contributed by atoms with E-state index in [0.29, 0.717) is 22.7 Å². The van der Waals surface area contributed by atoms with Gasteiger partial charge in [0.15, 0.2) is 0 Å². The molecule has 0 radical (unpaired) electrons. The molecular formula is C24H22N2O5. The number of amides is 2. The van der Waals surface area contributed by atoms with E-state index in [2.05, 4.69) is 10.6 Å². The number of nitrogens with one attached hydrogen (secondary N) is 2. The van der Waals surface area contributed by atoms with Crippen LogP contribution in [0.25, 0.3) is 0 Å². The lowest BCUT2D eigenvalue weighted by atomic mass is 10.1. The summed E-state index contributed by atoms with van der Waals surface area (Å²) in [6.07, 6.45) is -1.18. The van der Waals surface area contributed by atoms with E-state index in [0.717, 1.165) is 0 Å². The van der Waals surface area contributed by atoms with Gasteiger partial charge in [-0.1, -0.05) is 42.5 Å². The summed E-state index contributed by atoms with van der Waals surface area (Å²) in [7, 11) is 1.53. The Morgan fingerprint density at radius 1 is 0.806 bits per heavy atom. The summed E-state index contributed by atoms with van der Waals surface area (Å²) in [6.45, 7) is 1.37. The monoisotopic (exact) mass is 418 g/mol. The lowest BCUT2D eigenvalue weighted by Gasteiger charge is -2.18. The minimum absolute atomic E-state index is 0.210. The maximum Gasteiger partial charge on any atom is 0.339 e. The molecule has 158 valence electrons. The summed E-state index contributed by atoms with van der Waals surface area (Å²) in [5, 5.41) is 5.37. The molecule has 0 aliphatic heterocycles. The molecule has 0 fully saturated rings. The maximum atomic E-state index is 13.0. The van der Waals surface area contributed by atoms with Crippen molar-refractivity contribution in [1.29, 1.82) is 0 Å². The highest BCUT2D eigenvalue weighted by Crippen LogP contribution is 2.24. The van der Waals surface area contributed by atoms with Gasteiger partial charge in [0.2, 0.25) is 12.0 Å². The van der Waals surface area contributed by atoms with E-state index in [1.165, 1.54) is 20.1 Å². The van der Waals surface area contributed by atoms with E-state index in [1.54, 1.807) is 72.8 Å². The molecular weight excluding hydrogens is 396 g/mol. The lowest BCUT2D eigenvalue weighted by molar-refractivity contribution is -0.125. The van der Waals surface area contributed by atoms with Crippen LogP contribution in [0.15, 0.2) is 78.9 Å². The fourth-order valence-electron chi connectivity index (χ4n) is 2.91. The third kappa shape index (κ3) is 5.93. The Morgan fingerprint density at radius 2 is 1.48 bits per heavy atom. The Hall–Kier alpha value is -4.13. The normalized spacial score (nSPS) is 11.2. The fourth-order valence-corrected chi connectivity index (χ4v) is 2.91. The second-order valence-corrected chi connectivity index (χ2v) is 6.68. The predicted molar refractivity (Wildman–Crippen MR) is 117 cm³/mol. The summed E-state index contributed by atoms with van der Waals surface area (Å²) in [6, 6.07) is 21.9. The second kappa shape index (κ2) is 10.1. The van der Waals surface area contributed by atoms with Crippen LogP contribution < -0.4 is 15.4 Å². The number of carbonyl (C=O) groups excluding carboxylic acids is 3. The molecule has 0 spiro atoms. The van der Waals surface area contributed by atoms with Gasteiger partial charge in [-0.05, 0) is 30.3 Å². The minimum Gasteiger partial charge on any atom is -0.497 e. The predicted octanol–water partition coefficient (Wildman–Crippen LogP) is 4.19. The Kier molecular flexibility index (Phi) is 7.01. The van der Waals surface area contributed by atoms with Crippen LogP contribution in [-0.2, 0) is 14.3 Å². The molecule has 0 saturated heterocycles. The second-order valence-electron chi connectivity index (χ2n) is 6.68. The third-order valence-corrected chi connectivity index (χ3v) is 4.32. The van der Waals surface area contributed by atoms with Crippen LogP contribution in [-0.4, -0.2) is 24.9 Å². The molecule has 2 N–H and O–H groups in total. The number of hydrogen-bond acceptors (Lipinski definition) is 5. The molecule has 0 bridgehead atoms. The Balaban J connectivity index is 1.83. The summed E-state index contributed by atoms with van der Waals surface area (Å²) >= 11 is 0. The zero-order valence-electron chi connectivity index (χ0n) is 17.1. The number of rotatable bonds is 7. The molecule has 7 nitrogen and oxygen atoms in total. The van der Waals surface area contributed by atoms with Crippen molar-refractivity contribution >= 4 is 29.2 Å². The van der Waals surface area contributed by atoms with Gasteiger partial charge in [0, 0.05) is 29.9 Å². The van der Waals surface area contributed by atoms with Gasteiger partial charge in [-0.15, -0.1) is 0 Å². The van der Waals surface area contributed by atoms with Crippen molar-refractivity contribution < 1.29 is 23.9 Å². The molecule has 0 aliphatic rings. The number of methoxy groups -OCH3 is 1. The first kappa shape index (κ1) is 21.6. The molecule has 7 heteroatoms. The van der Waals surface area contributed by atoms with Gasteiger partial charge in [-0.3, -0.25) is 9.59 Å². The number of carbonyl (C=O) groups is 3. The Morgan fingerprint density at radius 3 is 2.16 bits per heavy atom. The maximum absolute atomic E-state index is 13.0. The average Bonchev–Trinajstić information content (AvgIpc) is 2.77. The largest absolute Gasteiger partial charge is 0.497 e. The number of esters is 1. The highest BCUT2D eigenvalue weighted by molar-refractivity contribution is 5.99. The summed E-state index contributed by atoms with van der Waals surface area (Å²) < 4.78 is 10.8. The van der Waals surface area contributed by atoms with Crippen LogP contribution in [0.2, 0.25) is 0 Å². The molecule has 1 atom stereocenters. The Bertz CT molecular complexity index is 1080. The van der Waals surface area contributed by atoms with Crippen LogP contribution in [0, 0.1) is 0 Å². The third-order valence-electron chi connectivity index (χ3n) is 4.32. The number of benzene rings is 3. The number of ether oxygens (including phenoxy) is 2. The molecule has 0 heterocycles. The van der Waals surface area contributed by atoms with Crippen molar-refractivity contribution in [1.82, 2.24) is 0 Å².